The van der Waals surface area contributed by atoms with Crippen LogP contribution in [0.25, 0.3) is 0 Å². The van der Waals surface area contributed by atoms with Gasteiger partial charge in [-0.15, -0.1) is 0 Å². The molecule has 0 bridgehead atoms. The lowest BCUT2D eigenvalue weighted by molar-refractivity contribution is -0.213. The Hall–Kier alpha value is -1.77. The second-order valence-electron chi connectivity index (χ2n) is 7.89. The second kappa shape index (κ2) is 5.37. The van der Waals surface area contributed by atoms with Gasteiger partial charge in [-0.25, -0.2) is 0 Å². The van der Waals surface area contributed by atoms with Gasteiger partial charge in [0, 0.05) is 19.4 Å². The highest BCUT2D eigenvalue weighted by Gasteiger charge is 2.63. The molecule has 5 nitrogen and oxygen atoms in total. The summed E-state index contributed by atoms with van der Waals surface area (Å²) in [7, 11) is 0. The Morgan fingerprint density at radius 3 is 2.58 bits per heavy atom. The van der Waals surface area contributed by atoms with E-state index in [1.807, 2.05) is 6.07 Å². The summed E-state index contributed by atoms with van der Waals surface area (Å²) in [5, 5.41) is 12.6. The number of benzene rings is 1. The minimum Gasteiger partial charge on any atom is -0.397 e. The van der Waals surface area contributed by atoms with Crippen LogP contribution in [0.3, 0.4) is 0 Å². The zero-order valence-corrected chi connectivity index (χ0v) is 14.2. The molecule has 0 unspecified atom stereocenters. The lowest BCUT2D eigenvalue weighted by Gasteiger charge is -2.49. The largest absolute Gasteiger partial charge is 0.397 e. The Bertz CT molecular complexity index is 686. The van der Waals surface area contributed by atoms with Crippen molar-refractivity contribution in [1.29, 1.82) is 5.26 Å². The maximum Gasteiger partial charge on any atom is 0.169 e. The van der Waals surface area contributed by atoms with E-state index >= 15 is 0 Å². The third-order valence-electron chi connectivity index (χ3n) is 6.44. The second-order valence-corrected chi connectivity index (χ2v) is 7.89. The van der Waals surface area contributed by atoms with Crippen LogP contribution in [0, 0.1) is 22.2 Å². The molecule has 1 heterocycles. The summed E-state index contributed by atoms with van der Waals surface area (Å²) in [5.41, 5.74) is 8.74. The molecule has 0 radical (unpaired) electrons. The van der Waals surface area contributed by atoms with E-state index in [0.717, 1.165) is 25.1 Å². The number of nitrogen functional groups attached to an aromatic ring is 1. The highest BCUT2D eigenvalue weighted by molar-refractivity contribution is 5.68. The van der Waals surface area contributed by atoms with Gasteiger partial charge in [0.25, 0.3) is 0 Å². The van der Waals surface area contributed by atoms with Gasteiger partial charge in [-0.05, 0) is 48.3 Å². The average molecular weight is 327 g/mol. The van der Waals surface area contributed by atoms with Crippen LogP contribution in [0.2, 0.25) is 0 Å². The van der Waals surface area contributed by atoms with E-state index in [4.69, 9.17) is 20.5 Å². The van der Waals surface area contributed by atoms with Crippen molar-refractivity contribution in [3.05, 3.63) is 23.8 Å². The first kappa shape index (κ1) is 15.7. The molecule has 1 aromatic rings. The Balaban J connectivity index is 1.54. The van der Waals surface area contributed by atoms with E-state index in [-0.39, 0.29) is 11.2 Å². The normalized spacial score (nSPS) is 29.5. The van der Waals surface area contributed by atoms with Gasteiger partial charge < -0.3 is 20.5 Å². The molecule has 3 N–H and O–H groups in total. The van der Waals surface area contributed by atoms with Crippen LogP contribution in [0.5, 0.6) is 0 Å². The SMILES string of the molecule is C[C@@]1(CNc2cc(C#N)ccc2N)CC2(CCC13CC3)OCCO2. The maximum absolute atomic E-state index is 9.10. The number of hydrogen-bond acceptors (Lipinski definition) is 5. The minimum absolute atomic E-state index is 0.102. The van der Waals surface area contributed by atoms with Crippen LogP contribution < -0.4 is 11.1 Å². The van der Waals surface area contributed by atoms with Crippen molar-refractivity contribution in [2.75, 3.05) is 30.8 Å². The highest BCUT2D eigenvalue weighted by Crippen LogP contribution is 2.68. The number of hydrogen-bond donors (Lipinski definition) is 2. The van der Waals surface area contributed by atoms with Gasteiger partial charge in [0.2, 0.25) is 0 Å². The molecule has 1 atom stereocenters. The van der Waals surface area contributed by atoms with Gasteiger partial charge in [-0.1, -0.05) is 6.92 Å². The first-order chi connectivity index (χ1) is 11.5. The third-order valence-corrected chi connectivity index (χ3v) is 6.44. The molecular weight excluding hydrogens is 302 g/mol. The third kappa shape index (κ3) is 2.45. The standard InChI is InChI=1S/C19H25N3O2/c1-17(13-22-16-10-14(11-20)2-3-15(16)21)12-19(23-8-9-24-19)7-6-18(17)4-5-18/h2-3,10,22H,4-9,12-13,21H2,1H3/t17-/m0/s1. The van der Waals surface area contributed by atoms with Gasteiger partial charge in [0.05, 0.1) is 36.2 Å². The van der Waals surface area contributed by atoms with Crippen LogP contribution in [0.1, 0.15) is 44.6 Å². The first-order valence-electron chi connectivity index (χ1n) is 8.81. The zero-order valence-electron chi connectivity index (χ0n) is 14.2. The van der Waals surface area contributed by atoms with Crippen molar-refractivity contribution in [1.82, 2.24) is 0 Å². The Kier molecular flexibility index (Phi) is 3.52. The lowest BCUT2D eigenvalue weighted by atomic mass is 9.62. The van der Waals surface area contributed by atoms with Gasteiger partial charge >= 0.3 is 0 Å². The Labute approximate surface area is 143 Å². The van der Waals surface area contributed by atoms with E-state index < -0.39 is 0 Å². The Morgan fingerprint density at radius 1 is 1.21 bits per heavy atom. The molecule has 5 heteroatoms. The van der Waals surface area contributed by atoms with E-state index in [0.29, 0.717) is 29.9 Å². The van der Waals surface area contributed by atoms with Crippen molar-refractivity contribution in [2.24, 2.45) is 10.8 Å². The lowest BCUT2D eigenvalue weighted by Crippen LogP contribution is -2.50. The molecule has 3 aliphatic rings. The molecule has 24 heavy (non-hydrogen) atoms. The first-order valence-corrected chi connectivity index (χ1v) is 8.81. The summed E-state index contributed by atoms with van der Waals surface area (Å²) >= 11 is 0. The van der Waals surface area contributed by atoms with E-state index in [1.165, 1.54) is 19.3 Å². The van der Waals surface area contributed by atoms with Crippen LogP contribution in [0.4, 0.5) is 11.4 Å². The summed E-state index contributed by atoms with van der Waals surface area (Å²) < 4.78 is 12.0. The molecule has 3 fully saturated rings. The van der Waals surface area contributed by atoms with Crippen LogP contribution >= 0.6 is 0 Å². The number of anilines is 2. The van der Waals surface area contributed by atoms with Crippen molar-refractivity contribution >= 4 is 11.4 Å². The van der Waals surface area contributed by atoms with E-state index in [1.54, 1.807) is 12.1 Å². The quantitative estimate of drug-likeness (QED) is 0.833. The van der Waals surface area contributed by atoms with Crippen molar-refractivity contribution in [3.63, 3.8) is 0 Å². The summed E-state index contributed by atoms with van der Waals surface area (Å²) in [4.78, 5) is 0. The number of nitrogens with one attached hydrogen (secondary N) is 1. The summed E-state index contributed by atoms with van der Waals surface area (Å²) in [5.74, 6) is -0.385. The molecule has 2 aliphatic carbocycles. The highest BCUT2D eigenvalue weighted by atomic mass is 16.7. The van der Waals surface area contributed by atoms with Crippen LogP contribution in [0.15, 0.2) is 18.2 Å². The number of nitrogens with two attached hydrogens (primary N) is 1. The predicted octanol–water partition coefficient (Wildman–Crippen LogP) is 3.27. The summed E-state index contributed by atoms with van der Waals surface area (Å²) in [6.45, 7) is 4.57. The molecule has 1 saturated heterocycles. The van der Waals surface area contributed by atoms with Gasteiger partial charge in [-0.2, -0.15) is 5.26 Å². The van der Waals surface area contributed by atoms with E-state index in [2.05, 4.69) is 18.3 Å². The number of ether oxygens (including phenoxy) is 2. The molecular formula is C19H25N3O2. The fourth-order valence-corrected chi connectivity index (χ4v) is 4.67. The molecule has 4 rings (SSSR count). The fraction of sp³-hybridized carbons (Fsp3) is 0.632. The van der Waals surface area contributed by atoms with Gasteiger partial charge in [0.1, 0.15) is 0 Å². The smallest absolute Gasteiger partial charge is 0.169 e. The van der Waals surface area contributed by atoms with Crippen molar-refractivity contribution in [2.45, 2.75) is 44.8 Å². The molecule has 2 spiro atoms. The summed E-state index contributed by atoms with van der Waals surface area (Å²) in [6.07, 6.45) is 5.67. The molecule has 0 aromatic heterocycles. The van der Waals surface area contributed by atoms with Crippen LogP contribution in [-0.2, 0) is 9.47 Å². The Morgan fingerprint density at radius 2 is 1.92 bits per heavy atom. The minimum atomic E-state index is -0.385. The van der Waals surface area contributed by atoms with Gasteiger partial charge in [-0.3, -0.25) is 0 Å². The molecule has 1 aliphatic heterocycles. The van der Waals surface area contributed by atoms with Crippen molar-refractivity contribution in [3.8, 4) is 6.07 Å². The molecule has 128 valence electrons. The average Bonchev–Trinajstić information content (AvgIpc) is 3.25. The van der Waals surface area contributed by atoms with E-state index in [9.17, 15) is 0 Å². The number of nitrogens with zero attached hydrogens (tertiary/aromatic N) is 1. The molecule has 2 saturated carbocycles. The van der Waals surface area contributed by atoms with Gasteiger partial charge in [0.15, 0.2) is 5.79 Å². The fourth-order valence-electron chi connectivity index (χ4n) is 4.67. The topological polar surface area (TPSA) is 80.3 Å². The van der Waals surface area contributed by atoms with Crippen LogP contribution in [-0.4, -0.2) is 25.5 Å². The molecule has 1 aromatic carbocycles. The predicted molar refractivity (Wildman–Crippen MR) is 92.3 cm³/mol. The number of rotatable bonds is 3. The number of nitriles is 1. The maximum atomic E-state index is 9.10. The monoisotopic (exact) mass is 327 g/mol. The summed E-state index contributed by atoms with van der Waals surface area (Å²) in [6, 6.07) is 7.55. The zero-order chi connectivity index (χ0) is 16.8. The van der Waals surface area contributed by atoms with Crippen molar-refractivity contribution < 1.29 is 9.47 Å². The molecule has 0 amide bonds.